The van der Waals surface area contributed by atoms with Crippen molar-refractivity contribution in [2.45, 2.75) is 77.5 Å². The molecule has 1 aromatic carbocycles. The first kappa shape index (κ1) is 18.4. The maximum absolute atomic E-state index is 12.4. The summed E-state index contributed by atoms with van der Waals surface area (Å²) < 4.78 is 0. The minimum atomic E-state index is 0.226. The van der Waals surface area contributed by atoms with Gasteiger partial charge in [0.15, 0.2) is 0 Å². The average molecular weight is 344 g/mol. The molecule has 2 heterocycles. The van der Waals surface area contributed by atoms with Crippen LogP contribution in [-0.2, 0) is 4.79 Å². The van der Waals surface area contributed by atoms with Gasteiger partial charge in [-0.25, -0.2) is 0 Å². The third kappa shape index (κ3) is 3.90. The maximum Gasteiger partial charge on any atom is 0.226 e. The molecule has 2 aliphatic heterocycles. The summed E-state index contributed by atoms with van der Waals surface area (Å²) >= 11 is 0. The number of likely N-dealkylation sites (tertiary alicyclic amines) is 1. The van der Waals surface area contributed by atoms with E-state index in [-0.39, 0.29) is 11.9 Å². The summed E-state index contributed by atoms with van der Waals surface area (Å²) in [7, 11) is 0. The number of anilines is 1. The number of para-hydroxylation sites is 1. The van der Waals surface area contributed by atoms with Crippen molar-refractivity contribution in [3.8, 4) is 0 Å². The number of carbonyl (C=O) groups excluding carboxylic acids is 1. The summed E-state index contributed by atoms with van der Waals surface area (Å²) in [5.74, 6) is 0.226. The van der Waals surface area contributed by atoms with Crippen LogP contribution in [0, 0.1) is 0 Å². The minimum absolute atomic E-state index is 0.226. The highest BCUT2D eigenvalue weighted by Gasteiger charge is 2.34. The maximum atomic E-state index is 12.4. The third-order valence-electron chi connectivity index (χ3n) is 5.86. The predicted octanol–water partition coefficient (Wildman–Crippen LogP) is 3.73. The topological polar surface area (TPSA) is 35.6 Å². The van der Waals surface area contributed by atoms with Crippen molar-refractivity contribution in [2.24, 2.45) is 0 Å². The molecule has 0 spiro atoms. The van der Waals surface area contributed by atoms with Crippen LogP contribution < -0.4 is 10.2 Å². The monoisotopic (exact) mass is 343 g/mol. The number of hydrogen-bond donors (Lipinski definition) is 1. The molecule has 25 heavy (non-hydrogen) atoms. The Labute approximate surface area is 152 Å². The van der Waals surface area contributed by atoms with Crippen LogP contribution in [0.15, 0.2) is 24.3 Å². The highest BCUT2D eigenvalue weighted by Crippen LogP contribution is 2.38. The number of piperidine rings is 1. The fourth-order valence-corrected chi connectivity index (χ4v) is 4.39. The second-order valence-corrected chi connectivity index (χ2v) is 7.88. The lowest BCUT2D eigenvalue weighted by Crippen LogP contribution is -2.49. The standard InChI is InChI=1S/C21H33N3O/c1-5-21(25)24-16(4)14-19(18-8-6-7-9-20(18)24)22-17-10-12-23(13-11-17)15(2)3/h6-9,15-17,19,22H,5,10-14H2,1-4H3/t16-,19+/m0/s1. The zero-order valence-electron chi connectivity index (χ0n) is 16.2. The molecule has 1 aromatic rings. The second-order valence-electron chi connectivity index (χ2n) is 7.88. The van der Waals surface area contributed by atoms with E-state index in [0.29, 0.717) is 24.5 Å². The molecule has 1 amide bonds. The second kappa shape index (κ2) is 7.88. The first-order valence-corrected chi connectivity index (χ1v) is 9.92. The van der Waals surface area contributed by atoms with Gasteiger partial charge in [-0.15, -0.1) is 0 Å². The molecule has 0 aromatic heterocycles. The molecular weight excluding hydrogens is 310 g/mol. The molecular formula is C21H33N3O. The molecule has 3 rings (SSSR count). The molecule has 0 bridgehead atoms. The number of rotatable bonds is 4. The van der Waals surface area contributed by atoms with Crippen molar-refractivity contribution in [2.75, 3.05) is 18.0 Å². The minimum Gasteiger partial charge on any atom is -0.309 e. The lowest BCUT2D eigenvalue weighted by Gasteiger charge is -2.42. The van der Waals surface area contributed by atoms with E-state index in [1.165, 1.54) is 31.5 Å². The van der Waals surface area contributed by atoms with Crippen LogP contribution in [0.5, 0.6) is 0 Å². The van der Waals surface area contributed by atoms with Gasteiger partial charge in [0.25, 0.3) is 0 Å². The summed E-state index contributed by atoms with van der Waals surface area (Å²) in [6, 6.07) is 10.3. The quantitative estimate of drug-likeness (QED) is 0.905. The van der Waals surface area contributed by atoms with Crippen molar-refractivity contribution in [1.29, 1.82) is 0 Å². The zero-order chi connectivity index (χ0) is 18.0. The predicted molar refractivity (Wildman–Crippen MR) is 104 cm³/mol. The van der Waals surface area contributed by atoms with E-state index in [2.05, 4.69) is 49.2 Å². The summed E-state index contributed by atoms with van der Waals surface area (Å²) in [4.78, 5) is 17.0. The lowest BCUT2D eigenvalue weighted by atomic mass is 9.90. The third-order valence-corrected chi connectivity index (χ3v) is 5.86. The Balaban J connectivity index is 1.74. The van der Waals surface area contributed by atoms with E-state index in [0.717, 1.165) is 12.1 Å². The van der Waals surface area contributed by atoms with Crippen molar-refractivity contribution in [3.63, 3.8) is 0 Å². The highest BCUT2D eigenvalue weighted by molar-refractivity contribution is 5.95. The molecule has 0 unspecified atom stereocenters. The molecule has 2 aliphatic rings. The number of amides is 1. The van der Waals surface area contributed by atoms with Crippen molar-refractivity contribution in [3.05, 3.63) is 29.8 Å². The molecule has 4 heteroatoms. The number of nitrogens with zero attached hydrogens (tertiary/aromatic N) is 2. The molecule has 0 aliphatic carbocycles. The van der Waals surface area contributed by atoms with Gasteiger partial charge in [0.05, 0.1) is 0 Å². The number of carbonyl (C=O) groups is 1. The first-order valence-electron chi connectivity index (χ1n) is 9.92. The fourth-order valence-electron chi connectivity index (χ4n) is 4.39. The Morgan fingerprint density at radius 2 is 1.92 bits per heavy atom. The van der Waals surface area contributed by atoms with Crippen LogP contribution in [0.4, 0.5) is 5.69 Å². The van der Waals surface area contributed by atoms with Gasteiger partial charge >= 0.3 is 0 Å². The van der Waals surface area contributed by atoms with Gasteiger partial charge in [-0.05, 0) is 64.8 Å². The molecule has 1 fully saturated rings. The average Bonchev–Trinajstić information content (AvgIpc) is 2.62. The van der Waals surface area contributed by atoms with Gasteiger partial charge in [0, 0.05) is 36.3 Å². The van der Waals surface area contributed by atoms with E-state index in [9.17, 15) is 4.79 Å². The van der Waals surface area contributed by atoms with Crippen LogP contribution in [0.25, 0.3) is 0 Å². The van der Waals surface area contributed by atoms with Gasteiger partial charge in [-0.1, -0.05) is 25.1 Å². The normalized spacial score (nSPS) is 25.2. The van der Waals surface area contributed by atoms with Crippen LogP contribution >= 0.6 is 0 Å². The summed E-state index contributed by atoms with van der Waals surface area (Å²) in [5, 5.41) is 3.92. The lowest BCUT2D eigenvalue weighted by molar-refractivity contribution is -0.118. The highest BCUT2D eigenvalue weighted by atomic mass is 16.2. The number of nitrogens with one attached hydrogen (secondary N) is 1. The summed E-state index contributed by atoms with van der Waals surface area (Å²) in [6.45, 7) is 11.1. The van der Waals surface area contributed by atoms with Gasteiger partial charge in [0.1, 0.15) is 0 Å². The van der Waals surface area contributed by atoms with Crippen LogP contribution in [0.1, 0.15) is 65.0 Å². The largest absolute Gasteiger partial charge is 0.309 e. The van der Waals surface area contributed by atoms with Crippen molar-refractivity contribution < 1.29 is 4.79 Å². The van der Waals surface area contributed by atoms with Gasteiger partial charge in [0.2, 0.25) is 5.91 Å². The SMILES string of the molecule is CCC(=O)N1c2ccccc2[C@H](NC2CCN(C(C)C)CC2)C[C@@H]1C. The molecule has 0 radical (unpaired) electrons. The van der Waals surface area contributed by atoms with E-state index in [1.807, 2.05) is 17.9 Å². The molecule has 0 saturated carbocycles. The Bertz CT molecular complexity index is 593. The van der Waals surface area contributed by atoms with E-state index < -0.39 is 0 Å². The molecule has 4 nitrogen and oxygen atoms in total. The Morgan fingerprint density at radius 1 is 1.24 bits per heavy atom. The summed E-state index contributed by atoms with van der Waals surface area (Å²) in [6.07, 6.45) is 3.98. The Hall–Kier alpha value is -1.39. The van der Waals surface area contributed by atoms with Crippen molar-refractivity contribution >= 4 is 11.6 Å². The number of hydrogen-bond acceptors (Lipinski definition) is 3. The van der Waals surface area contributed by atoms with Gasteiger partial charge < -0.3 is 15.1 Å². The summed E-state index contributed by atoms with van der Waals surface area (Å²) in [5.41, 5.74) is 2.39. The molecule has 1 N–H and O–H groups in total. The Morgan fingerprint density at radius 3 is 2.56 bits per heavy atom. The molecule has 2 atom stereocenters. The van der Waals surface area contributed by atoms with Gasteiger partial charge in [-0.2, -0.15) is 0 Å². The van der Waals surface area contributed by atoms with E-state index in [1.54, 1.807) is 0 Å². The van der Waals surface area contributed by atoms with Crippen molar-refractivity contribution in [1.82, 2.24) is 10.2 Å². The fraction of sp³-hybridized carbons (Fsp3) is 0.667. The van der Waals surface area contributed by atoms with Crippen LogP contribution in [-0.4, -0.2) is 42.0 Å². The van der Waals surface area contributed by atoms with Crippen LogP contribution in [0.2, 0.25) is 0 Å². The molecule has 138 valence electrons. The van der Waals surface area contributed by atoms with Crippen LogP contribution in [0.3, 0.4) is 0 Å². The number of benzene rings is 1. The zero-order valence-corrected chi connectivity index (χ0v) is 16.2. The number of fused-ring (bicyclic) bond motifs is 1. The van der Waals surface area contributed by atoms with E-state index >= 15 is 0 Å². The first-order chi connectivity index (χ1) is 12.0. The van der Waals surface area contributed by atoms with Gasteiger partial charge in [-0.3, -0.25) is 4.79 Å². The van der Waals surface area contributed by atoms with E-state index in [4.69, 9.17) is 0 Å². The molecule has 1 saturated heterocycles. The smallest absolute Gasteiger partial charge is 0.226 e. The Kier molecular flexibility index (Phi) is 5.80.